The summed E-state index contributed by atoms with van der Waals surface area (Å²) in [6, 6.07) is -0.970. The molecule has 8 heteroatoms. The highest BCUT2D eigenvalue weighted by atomic mass is 32.2. The number of nitrogens with one attached hydrogen (secondary N) is 1. The number of carbonyl (C=O) groups is 2. The third-order valence-electron chi connectivity index (χ3n) is 1.56. The lowest BCUT2D eigenvalue weighted by atomic mass is 10.3. The summed E-state index contributed by atoms with van der Waals surface area (Å²) in [7, 11) is -3.02. The zero-order chi connectivity index (χ0) is 12.8. The van der Waals surface area contributed by atoms with Crippen molar-refractivity contribution < 1.29 is 23.1 Å². The number of rotatable bonds is 7. The zero-order valence-electron chi connectivity index (χ0n) is 9.10. The summed E-state index contributed by atoms with van der Waals surface area (Å²) in [5.41, 5.74) is 0. The van der Waals surface area contributed by atoms with Crippen LogP contribution < -0.4 is 5.32 Å². The van der Waals surface area contributed by atoms with Crippen LogP contribution in [0.2, 0.25) is 0 Å². The second-order valence-electron chi connectivity index (χ2n) is 3.30. The van der Waals surface area contributed by atoms with E-state index in [1.807, 2.05) is 0 Å². The summed E-state index contributed by atoms with van der Waals surface area (Å²) in [5, 5.41) is 11.0. The highest BCUT2D eigenvalue weighted by Crippen LogP contribution is 2.04. The van der Waals surface area contributed by atoms with E-state index < -0.39 is 27.8 Å². The van der Waals surface area contributed by atoms with Gasteiger partial charge in [-0.1, -0.05) is 0 Å². The van der Waals surface area contributed by atoms with Crippen LogP contribution in [-0.2, 0) is 19.4 Å². The predicted octanol–water partition coefficient (Wildman–Crippen LogP) is -0.646. The van der Waals surface area contributed by atoms with E-state index in [9.17, 15) is 18.0 Å². The predicted molar refractivity (Wildman–Crippen MR) is 62.3 cm³/mol. The highest BCUT2D eigenvalue weighted by Gasteiger charge is 2.18. The van der Waals surface area contributed by atoms with E-state index in [0.29, 0.717) is 5.75 Å². The summed E-state index contributed by atoms with van der Waals surface area (Å²) in [6.45, 7) is 1.23. The molecule has 2 N–H and O–H groups in total. The van der Waals surface area contributed by atoms with Crippen LogP contribution >= 0.6 is 11.8 Å². The van der Waals surface area contributed by atoms with Crippen molar-refractivity contribution >= 4 is 33.5 Å². The van der Waals surface area contributed by atoms with Crippen LogP contribution in [0.15, 0.2) is 0 Å². The molecule has 16 heavy (non-hydrogen) atoms. The minimum atomic E-state index is -3.02. The first-order valence-corrected chi connectivity index (χ1v) is 7.69. The molecule has 1 unspecified atom stereocenters. The summed E-state index contributed by atoms with van der Waals surface area (Å²) >= 11 is 1.18. The first-order valence-electron chi connectivity index (χ1n) is 4.48. The number of carbonyl (C=O) groups excluding carboxylic acids is 1. The molecule has 0 aromatic rings. The van der Waals surface area contributed by atoms with Crippen LogP contribution in [0.25, 0.3) is 0 Å². The Balaban J connectivity index is 3.95. The van der Waals surface area contributed by atoms with Crippen LogP contribution in [-0.4, -0.2) is 55.0 Å². The number of hydrogen-bond donors (Lipinski definition) is 2. The van der Waals surface area contributed by atoms with Gasteiger partial charge in [-0.25, -0.2) is 13.2 Å². The monoisotopic (exact) mass is 269 g/mol. The minimum Gasteiger partial charge on any atom is -0.480 e. The molecule has 1 amide bonds. The smallest absolute Gasteiger partial charge is 0.327 e. The van der Waals surface area contributed by atoms with E-state index in [0.717, 1.165) is 6.26 Å². The van der Waals surface area contributed by atoms with Crippen LogP contribution in [0.3, 0.4) is 0 Å². The Hall–Kier alpha value is -0.760. The normalized spacial score (nSPS) is 13.1. The van der Waals surface area contributed by atoms with Gasteiger partial charge >= 0.3 is 5.97 Å². The molecule has 0 spiro atoms. The largest absolute Gasteiger partial charge is 0.480 e. The van der Waals surface area contributed by atoms with Gasteiger partial charge in [0.2, 0.25) is 5.91 Å². The van der Waals surface area contributed by atoms with Crippen LogP contribution in [0.1, 0.15) is 6.92 Å². The molecule has 0 bridgehead atoms. The van der Waals surface area contributed by atoms with Gasteiger partial charge in [-0.15, -0.1) is 0 Å². The quantitative estimate of drug-likeness (QED) is 0.596. The van der Waals surface area contributed by atoms with E-state index in [2.05, 4.69) is 5.32 Å². The molecule has 0 heterocycles. The highest BCUT2D eigenvalue weighted by molar-refractivity contribution is 8.00. The van der Waals surface area contributed by atoms with Gasteiger partial charge in [0, 0.05) is 24.7 Å². The molecule has 0 aromatic heterocycles. The van der Waals surface area contributed by atoms with Crippen molar-refractivity contribution in [2.45, 2.75) is 13.0 Å². The van der Waals surface area contributed by atoms with Crippen molar-refractivity contribution in [3.8, 4) is 0 Å². The lowest BCUT2D eigenvalue weighted by Crippen LogP contribution is -2.41. The fraction of sp³-hybridized carbons (Fsp3) is 0.750. The standard InChI is InChI=1S/C8H15NO5S2/c1-6(10)9-7(8(11)12)5-15-3-4-16(2,13)14/h7H,3-5H2,1-2H3,(H,9,10)(H,11,12). The molecule has 0 aliphatic heterocycles. The van der Waals surface area contributed by atoms with E-state index >= 15 is 0 Å². The van der Waals surface area contributed by atoms with E-state index in [1.165, 1.54) is 18.7 Å². The third kappa shape index (κ3) is 8.54. The molecule has 6 nitrogen and oxygen atoms in total. The number of carboxylic acids is 1. The lowest BCUT2D eigenvalue weighted by Gasteiger charge is -2.12. The summed E-state index contributed by atoms with van der Waals surface area (Å²) < 4.78 is 21.6. The second-order valence-corrected chi connectivity index (χ2v) is 6.71. The van der Waals surface area contributed by atoms with Crippen molar-refractivity contribution in [3.63, 3.8) is 0 Å². The molecule has 0 aliphatic rings. The molecule has 0 saturated carbocycles. The number of aliphatic carboxylic acids is 1. The number of sulfone groups is 1. The zero-order valence-corrected chi connectivity index (χ0v) is 10.7. The molecule has 0 saturated heterocycles. The van der Waals surface area contributed by atoms with E-state index in [-0.39, 0.29) is 11.5 Å². The Labute approximate surface area is 98.7 Å². The summed E-state index contributed by atoms with van der Waals surface area (Å²) in [6.07, 6.45) is 1.12. The molecule has 0 aromatic carbocycles. The van der Waals surface area contributed by atoms with Crippen molar-refractivity contribution in [3.05, 3.63) is 0 Å². The van der Waals surface area contributed by atoms with E-state index in [4.69, 9.17) is 5.11 Å². The van der Waals surface area contributed by atoms with Gasteiger partial charge in [-0.05, 0) is 0 Å². The average Bonchev–Trinajstić information content (AvgIpc) is 2.07. The number of thioether (sulfide) groups is 1. The van der Waals surface area contributed by atoms with Crippen molar-refractivity contribution in [1.29, 1.82) is 0 Å². The SMILES string of the molecule is CC(=O)NC(CSCCS(C)(=O)=O)C(=O)O. The first kappa shape index (κ1) is 15.2. The number of hydrogen-bond acceptors (Lipinski definition) is 5. The maximum Gasteiger partial charge on any atom is 0.327 e. The Morgan fingerprint density at radius 3 is 2.38 bits per heavy atom. The van der Waals surface area contributed by atoms with Gasteiger partial charge < -0.3 is 10.4 Å². The molecular weight excluding hydrogens is 254 g/mol. The Bertz CT molecular complexity index is 351. The van der Waals surface area contributed by atoms with Crippen LogP contribution in [0.4, 0.5) is 0 Å². The molecule has 0 aliphatic carbocycles. The topological polar surface area (TPSA) is 101 Å². The average molecular weight is 269 g/mol. The first-order chi connectivity index (χ1) is 7.22. The number of carboxylic acid groups (broad SMARTS) is 1. The van der Waals surface area contributed by atoms with Crippen molar-refractivity contribution in [1.82, 2.24) is 5.32 Å². The van der Waals surface area contributed by atoms with Gasteiger partial charge in [0.05, 0.1) is 5.75 Å². The van der Waals surface area contributed by atoms with Gasteiger partial charge in [-0.2, -0.15) is 11.8 Å². The Morgan fingerprint density at radius 2 is 2.00 bits per heavy atom. The fourth-order valence-electron chi connectivity index (χ4n) is 0.832. The minimum absolute atomic E-state index is 0.00404. The van der Waals surface area contributed by atoms with E-state index in [1.54, 1.807) is 0 Å². The van der Waals surface area contributed by atoms with Crippen LogP contribution in [0, 0.1) is 0 Å². The van der Waals surface area contributed by atoms with Crippen molar-refractivity contribution in [2.24, 2.45) is 0 Å². The Morgan fingerprint density at radius 1 is 1.44 bits per heavy atom. The van der Waals surface area contributed by atoms with Gasteiger partial charge in [0.1, 0.15) is 15.9 Å². The van der Waals surface area contributed by atoms with Gasteiger partial charge in [0.15, 0.2) is 0 Å². The lowest BCUT2D eigenvalue weighted by molar-refractivity contribution is -0.140. The van der Waals surface area contributed by atoms with Crippen LogP contribution in [0.5, 0.6) is 0 Å². The molecule has 1 atom stereocenters. The molecule has 0 rings (SSSR count). The molecule has 0 fully saturated rings. The summed E-state index contributed by atoms with van der Waals surface area (Å²) in [5.74, 6) is -1.06. The maximum absolute atomic E-state index is 10.8. The second kappa shape index (κ2) is 6.74. The number of amides is 1. The molecule has 94 valence electrons. The molecule has 0 radical (unpaired) electrons. The van der Waals surface area contributed by atoms with Crippen molar-refractivity contribution in [2.75, 3.05) is 23.5 Å². The third-order valence-corrected chi connectivity index (χ3v) is 3.82. The maximum atomic E-state index is 10.8. The summed E-state index contributed by atoms with van der Waals surface area (Å²) in [4.78, 5) is 21.4. The fourth-order valence-corrected chi connectivity index (χ4v) is 3.14. The van der Waals surface area contributed by atoms with Gasteiger partial charge in [0.25, 0.3) is 0 Å². The molecular formula is C8H15NO5S2. The Kier molecular flexibility index (Phi) is 6.42. The van der Waals surface area contributed by atoms with Gasteiger partial charge in [-0.3, -0.25) is 4.79 Å².